The zero-order chi connectivity index (χ0) is 18.7. The van der Waals surface area contributed by atoms with Crippen molar-refractivity contribution in [3.8, 4) is 0 Å². The van der Waals surface area contributed by atoms with Crippen LogP contribution >= 0.6 is 0 Å². The molecule has 0 aliphatic rings. The molecule has 1 aromatic heterocycles. The standard InChI is InChI=1S/C17H15FN4O3S/c1-2-9-20-26(24,25)16-10-12(7-8-13(16)18)17(23)21-22-11-19-14-5-3-4-6-15(14)22/h2-8,10-11,20H,1,9H2,(H,21,23). The van der Waals surface area contributed by atoms with Gasteiger partial charge in [-0.15, -0.1) is 6.58 Å². The summed E-state index contributed by atoms with van der Waals surface area (Å²) in [6.45, 7) is 3.34. The van der Waals surface area contributed by atoms with Crippen LogP contribution < -0.4 is 10.1 Å². The third-order valence-electron chi connectivity index (χ3n) is 3.58. The zero-order valence-corrected chi connectivity index (χ0v) is 14.3. The van der Waals surface area contributed by atoms with Crippen LogP contribution in [-0.2, 0) is 10.0 Å². The molecule has 7 nitrogen and oxygen atoms in total. The van der Waals surface area contributed by atoms with Crippen molar-refractivity contribution in [2.75, 3.05) is 12.0 Å². The number of hydrogen-bond donors (Lipinski definition) is 2. The lowest BCUT2D eigenvalue weighted by Crippen LogP contribution is -2.26. The molecule has 26 heavy (non-hydrogen) atoms. The van der Waals surface area contributed by atoms with Gasteiger partial charge < -0.3 is 0 Å². The summed E-state index contributed by atoms with van der Waals surface area (Å²) < 4.78 is 41.8. The molecule has 0 aliphatic carbocycles. The number of halogens is 1. The van der Waals surface area contributed by atoms with Gasteiger partial charge in [-0.25, -0.2) is 27.2 Å². The first-order valence-corrected chi connectivity index (χ1v) is 9.04. The van der Waals surface area contributed by atoms with E-state index in [9.17, 15) is 17.6 Å². The molecule has 3 aromatic rings. The lowest BCUT2D eigenvalue weighted by Gasteiger charge is -2.10. The highest BCUT2D eigenvalue weighted by atomic mass is 32.2. The Morgan fingerprint density at radius 3 is 2.81 bits per heavy atom. The molecule has 0 atom stereocenters. The summed E-state index contributed by atoms with van der Waals surface area (Å²) >= 11 is 0. The van der Waals surface area contributed by atoms with Crippen LogP contribution in [-0.4, -0.2) is 30.5 Å². The Morgan fingerprint density at radius 2 is 2.04 bits per heavy atom. The highest BCUT2D eigenvalue weighted by molar-refractivity contribution is 7.89. The summed E-state index contributed by atoms with van der Waals surface area (Å²) in [5, 5.41) is 0. The molecule has 1 amide bonds. The van der Waals surface area contributed by atoms with Crippen LogP contribution in [0.15, 0.2) is 66.3 Å². The summed E-state index contributed by atoms with van der Waals surface area (Å²) in [6, 6.07) is 10.3. The molecule has 0 saturated heterocycles. The van der Waals surface area contributed by atoms with Crippen LogP contribution in [0.25, 0.3) is 11.0 Å². The van der Waals surface area contributed by atoms with E-state index in [0.717, 1.165) is 12.1 Å². The minimum absolute atomic E-state index is 0.0110. The van der Waals surface area contributed by atoms with Crippen molar-refractivity contribution in [3.05, 3.63) is 72.8 Å². The van der Waals surface area contributed by atoms with Gasteiger partial charge in [0.05, 0.1) is 11.0 Å². The van der Waals surface area contributed by atoms with Gasteiger partial charge in [-0.2, -0.15) is 0 Å². The third-order valence-corrected chi connectivity index (χ3v) is 5.01. The van der Waals surface area contributed by atoms with Crippen LogP contribution in [0.1, 0.15) is 10.4 Å². The molecule has 9 heteroatoms. The van der Waals surface area contributed by atoms with Crippen LogP contribution in [0.5, 0.6) is 0 Å². The van der Waals surface area contributed by atoms with E-state index in [1.165, 1.54) is 23.1 Å². The summed E-state index contributed by atoms with van der Waals surface area (Å²) in [5.41, 5.74) is 3.93. The second kappa shape index (κ2) is 7.06. The Hall–Kier alpha value is -3.04. The molecule has 0 spiro atoms. The highest BCUT2D eigenvalue weighted by Gasteiger charge is 2.21. The quantitative estimate of drug-likeness (QED) is 0.646. The van der Waals surface area contributed by atoms with Gasteiger partial charge in [0.1, 0.15) is 17.0 Å². The number of fused-ring (bicyclic) bond motifs is 1. The molecular formula is C17H15FN4O3S. The molecule has 0 unspecified atom stereocenters. The van der Waals surface area contributed by atoms with E-state index in [4.69, 9.17) is 0 Å². The number of carbonyl (C=O) groups is 1. The Kier molecular flexibility index (Phi) is 4.83. The minimum atomic E-state index is -4.10. The summed E-state index contributed by atoms with van der Waals surface area (Å²) in [6.07, 6.45) is 2.76. The fourth-order valence-corrected chi connectivity index (χ4v) is 3.42. The van der Waals surface area contributed by atoms with Gasteiger partial charge in [0.15, 0.2) is 0 Å². The van der Waals surface area contributed by atoms with Gasteiger partial charge in [-0.1, -0.05) is 18.2 Å². The maximum atomic E-state index is 13.9. The van der Waals surface area contributed by atoms with Crippen molar-refractivity contribution >= 4 is 27.0 Å². The molecule has 134 valence electrons. The fourth-order valence-electron chi connectivity index (χ4n) is 2.32. The lowest BCUT2D eigenvalue weighted by molar-refractivity contribution is 0.101. The maximum absolute atomic E-state index is 13.9. The number of nitrogens with zero attached hydrogens (tertiary/aromatic N) is 2. The Bertz CT molecular complexity index is 1090. The van der Waals surface area contributed by atoms with Gasteiger partial charge in [0.2, 0.25) is 10.0 Å². The second-order valence-electron chi connectivity index (χ2n) is 5.33. The van der Waals surface area contributed by atoms with Crippen LogP contribution in [0.3, 0.4) is 0 Å². The predicted molar refractivity (Wildman–Crippen MR) is 95.2 cm³/mol. The van der Waals surface area contributed by atoms with E-state index < -0.39 is 26.6 Å². The van der Waals surface area contributed by atoms with Crippen molar-refractivity contribution in [2.24, 2.45) is 0 Å². The van der Waals surface area contributed by atoms with Crippen LogP contribution in [0.4, 0.5) is 4.39 Å². The molecule has 0 fully saturated rings. The predicted octanol–water partition coefficient (Wildman–Crippen LogP) is 2.02. The number of hydrogen-bond acceptors (Lipinski definition) is 4. The number of carbonyl (C=O) groups excluding carboxylic acids is 1. The van der Waals surface area contributed by atoms with E-state index in [1.807, 2.05) is 6.07 Å². The lowest BCUT2D eigenvalue weighted by atomic mass is 10.2. The van der Waals surface area contributed by atoms with Crippen molar-refractivity contribution in [1.29, 1.82) is 0 Å². The summed E-state index contributed by atoms with van der Waals surface area (Å²) in [5.74, 6) is -1.56. The van der Waals surface area contributed by atoms with Crippen LogP contribution in [0.2, 0.25) is 0 Å². The molecule has 3 rings (SSSR count). The van der Waals surface area contributed by atoms with Crippen molar-refractivity contribution < 1.29 is 17.6 Å². The third kappa shape index (κ3) is 3.48. The first kappa shape index (κ1) is 17.8. The fraction of sp³-hybridized carbons (Fsp3) is 0.0588. The summed E-state index contributed by atoms with van der Waals surface area (Å²) in [7, 11) is -4.10. The number of imidazole rings is 1. The number of amides is 1. The van der Waals surface area contributed by atoms with Gasteiger partial charge in [-0.05, 0) is 30.3 Å². The van der Waals surface area contributed by atoms with E-state index in [2.05, 4.69) is 21.7 Å². The first-order valence-electron chi connectivity index (χ1n) is 7.56. The van der Waals surface area contributed by atoms with Crippen LogP contribution in [0, 0.1) is 5.82 Å². The smallest absolute Gasteiger partial charge is 0.267 e. The molecule has 0 bridgehead atoms. The Balaban J connectivity index is 1.91. The largest absolute Gasteiger partial charge is 0.270 e. The molecule has 1 heterocycles. The maximum Gasteiger partial charge on any atom is 0.270 e. The number of aromatic nitrogens is 2. The van der Waals surface area contributed by atoms with E-state index >= 15 is 0 Å². The molecule has 0 aliphatic heterocycles. The summed E-state index contributed by atoms with van der Waals surface area (Å²) in [4.78, 5) is 16.0. The van der Waals surface area contributed by atoms with Gasteiger partial charge in [0.25, 0.3) is 5.91 Å². The average molecular weight is 374 g/mol. The SMILES string of the molecule is C=CCNS(=O)(=O)c1cc(C(=O)Nn2cnc3ccccc32)ccc1F. The number of rotatable bonds is 6. The molecular weight excluding hydrogens is 359 g/mol. The van der Waals surface area contributed by atoms with Crippen molar-refractivity contribution in [1.82, 2.24) is 14.4 Å². The molecule has 0 saturated carbocycles. The second-order valence-corrected chi connectivity index (χ2v) is 7.07. The number of sulfonamides is 1. The van der Waals surface area contributed by atoms with Gasteiger partial charge >= 0.3 is 0 Å². The molecule has 2 aromatic carbocycles. The average Bonchev–Trinajstić information content (AvgIpc) is 3.03. The molecule has 0 radical (unpaired) electrons. The number of benzene rings is 2. The monoisotopic (exact) mass is 374 g/mol. The number of para-hydroxylation sites is 2. The highest BCUT2D eigenvalue weighted by Crippen LogP contribution is 2.17. The minimum Gasteiger partial charge on any atom is -0.267 e. The van der Waals surface area contributed by atoms with Gasteiger partial charge in [0, 0.05) is 12.1 Å². The topological polar surface area (TPSA) is 93.1 Å². The normalized spacial score (nSPS) is 11.4. The number of nitrogens with one attached hydrogen (secondary N) is 2. The van der Waals surface area contributed by atoms with E-state index in [-0.39, 0.29) is 12.1 Å². The Morgan fingerprint density at radius 1 is 1.27 bits per heavy atom. The first-order chi connectivity index (χ1) is 12.4. The zero-order valence-electron chi connectivity index (χ0n) is 13.5. The van der Waals surface area contributed by atoms with Crippen molar-refractivity contribution in [2.45, 2.75) is 4.90 Å². The molecule has 2 N–H and O–H groups in total. The van der Waals surface area contributed by atoms with E-state index in [1.54, 1.807) is 18.2 Å². The van der Waals surface area contributed by atoms with E-state index in [0.29, 0.717) is 11.0 Å². The van der Waals surface area contributed by atoms with Crippen molar-refractivity contribution in [3.63, 3.8) is 0 Å². The Labute approximate surface area is 149 Å². The van der Waals surface area contributed by atoms with Gasteiger partial charge in [-0.3, -0.25) is 10.2 Å².